The van der Waals surface area contributed by atoms with Gasteiger partial charge in [-0.2, -0.15) is 0 Å². The highest BCUT2D eigenvalue weighted by molar-refractivity contribution is 5.04. The minimum Gasteiger partial charge on any atom is -0.311 e. The summed E-state index contributed by atoms with van der Waals surface area (Å²) < 4.78 is 0. The van der Waals surface area contributed by atoms with Gasteiger partial charge in [-0.3, -0.25) is 0 Å². The SMILES string of the molecule is CCC1(CC)CCCNC1(CC)CC. The van der Waals surface area contributed by atoms with Gasteiger partial charge in [-0.25, -0.2) is 0 Å². The summed E-state index contributed by atoms with van der Waals surface area (Å²) in [4.78, 5) is 0. The van der Waals surface area contributed by atoms with Gasteiger partial charge in [0.15, 0.2) is 0 Å². The fraction of sp³-hybridized carbons (Fsp3) is 1.00. The first-order valence-corrected chi connectivity index (χ1v) is 6.45. The number of hydrogen-bond donors (Lipinski definition) is 1. The first-order chi connectivity index (χ1) is 6.70. The zero-order valence-electron chi connectivity index (χ0n) is 10.4. The van der Waals surface area contributed by atoms with Crippen LogP contribution in [0.1, 0.15) is 66.2 Å². The first kappa shape index (κ1) is 12.0. The van der Waals surface area contributed by atoms with Gasteiger partial charge >= 0.3 is 0 Å². The Morgan fingerprint density at radius 2 is 1.50 bits per heavy atom. The van der Waals surface area contributed by atoms with E-state index in [-0.39, 0.29) is 0 Å². The van der Waals surface area contributed by atoms with Gasteiger partial charge in [0.25, 0.3) is 0 Å². The molecule has 0 spiro atoms. The van der Waals surface area contributed by atoms with Crippen molar-refractivity contribution in [1.29, 1.82) is 0 Å². The Kier molecular flexibility index (Phi) is 4.00. The summed E-state index contributed by atoms with van der Waals surface area (Å²) in [5, 5.41) is 3.82. The molecule has 1 N–H and O–H groups in total. The Morgan fingerprint density at radius 3 is 1.86 bits per heavy atom. The van der Waals surface area contributed by atoms with E-state index in [4.69, 9.17) is 0 Å². The van der Waals surface area contributed by atoms with Crippen LogP contribution in [0, 0.1) is 5.41 Å². The van der Waals surface area contributed by atoms with Crippen LogP contribution >= 0.6 is 0 Å². The van der Waals surface area contributed by atoms with Crippen molar-refractivity contribution in [1.82, 2.24) is 5.32 Å². The monoisotopic (exact) mass is 197 g/mol. The zero-order chi connectivity index (χ0) is 10.7. The van der Waals surface area contributed by atoms with E-state index in [1.165, 1.54) is 45.1 Å². The summed E-state index contributed by atoms with van der Waals surface area (Å²) in [6.07, 6.45) is 8.02. The van der Waals surface area contributed by atoms with E-state index in [0.717, 1.165) is 0 Å². The van der Waals surface area contributed by atoms with E-state index in [9.17, 15) is 0 Å². The number of nitrogens with one attached hydrogen (secondary N) is 1. The fourth-order valence-corrected chi connectivity index (χ4v) is 3.71. The second kappa shape index (κ2) is 4.65. The van der Waals surface area contributed by atoms with E-state index in [0.29, 0.717) is 11.0 Å². The Bertz CT molecular complexity index is 146. The number of rotatable bonds is 4. The third-order valence-corrected chi connectivity index (χ3v) is 4.87. The van der Waals surface area contributed by atoms with Gasteiger partial charge in [-0.15, -0.1) is 0 Å². The molecule has 0 saturated carbocycles. The molecule has 0 amide bonds. The molecule has 1 heteroatoms. The van der Waals surface area contributed by atoms with E-state index in [2.05, 4.69) is 33.0 Å². The van der Waals surface area contributed by atoms with Crippen LogP contribution < -0.4 is 5.32 Å². The van der Waals surface area contributed by atoms with Crippen LogP contribution in [-0.4, -0.2) is 12.1 Å². The fourth-order valence-electron chi connectivity index (χ4n) is 3.71. The van der Waals surface area contributed by atoms with E-state index in [1.54, 1.807) is 0 Å². The summed E-state index contributed by atoms with van der Waals surface area (Å²) in [5.41, 5.74) is 0.990. The molecule has 0 unspecified atom stereocenters. The highest BCUT2D eigenvalue weighted by Gasteiger charge is 2.47. The van der Waals surface area contributed by atoms with Crippen LogP contribution in [0.15, 0.2) is 0 Å². The van der Waals surface area contributed by atoms with Crippen molar-refractivity contribution in [3.05, 3.63) is 0 Å². The molecular formula is C13H27N. The van der Waals surface area contributed by atoms with Crippen LogP contribution in [0.4, 0.5) is 0 Å². The van der Waals surface area contributed by atoms with Crippen molar-refractivity contribution in [3.8, 4) is 0 Å². The zero-order valence-corrected chi connectivity index (χ0v) is 10.4. The lowest BCUT2D eigenvalue weighted by atomic mass is 9.59. The smallest absolute Gasteiger partial charge is 0.0232 e. The maximum Gasteiger partial charge on any atom is 0.0232 e. The molecule has 1 saturated heterocycles. The molecule has 0 aliphatic carbocycles. The molecule has 0 radical (unpaired) electrons. The lowest BCUT2D eigenvalue weighted by Crippen LogP contribution is -2.60. The molecule has 1 fully saturated rings. The van der Waals surface area contributed by atoms with Crippen molar-refractivity contribution < 1.29 is 0 Å². The predicted molar refractivity (Wildman–Crippen MR) is 63.6 cm³/mol. The third kappa shape index (κ3) is 1.60. The predicted octanol–water partition coefficient (Wildman–Crippen LogP) is 3.74. The summed E-state index contributed by atoms with van der Waals surface area (Å²) in [5.74, 6) is 0. The first-order valence-electron chi connectivity index (χ1n) is 6.45. The lowest BCUT2D eigenvalue weighted by molar-refractivity contribution is 0.0222. The Morgan fingerprint density at radius 1 is 0.929 bits per heavy atom. The van der Waals surface area contributed by atoms with Crippen molar-refractivity contribution in [2.45, 2.75) is 71.8 Å². The molecule has 0 atom stereocenters. The van der Waals surface area contributed by atoms with Gasteiger partial charge in [0.2, 0.25) is 0 Å². The molecule has 0 aromatic carbocycles. The Balaban J connectivity index is 2.96. The number of hydrogen-bond acceptors (Lipinski definition) is 1. The summed E-state index contributed by atoms with van der Waals surface area (Å²) in [7, 11) is 0. The van der Waals surface area contributed by atoms with Crippen molar-refractivity contribution in [2.24, 2.45) is 5.41 Å². The van der Waals surface area contributed by atoms with E-state index >= 15 is 0 Å². The van der Waals surface area contributed by atoms with Crippen molar-refractivity contribution in [2.75, 3.05) is 6.54 Å². The maximum atomic E-state index is 3.82. The third-order valence-electron chi connectivity index (χ3n) is 4.87. The second-order valence-electron chi connectivity index (χ2n) is 4.81. The van der Waals surface area contributed by atoms with Crippen LogP contribution in [-0.2, 0) is 0 Å². The van der Waals surface area contributed by atoms with E-state index in [1.807, 2.05) is 0 Å². The molecule has 1 nitrogen and oxygen atoms in total. The standard InChI is InChI=1S/C13H27N/c1-5-12(6-2)10-9-11-14-13(12,7-3)8-4/h14H,5-11H2,1-4H3. The summed E-state index contributed by atoms with van der Waals surface area (Å²) in [6, 6.07) is 0. The Hall–Kier alpha value is -0.0400. The highest BCUT2D eigenvalue weighted by Crippen LogP contribution is 2.48. The van der Waals surface area contributed by atoms with Gasteiger partial charge in [0, 0.05) is 5.54 Å². The molecule has 0 aromatic rings. The van der Waals surface area contributed by atoms with Gasteiger partial charge < -0.3 is 5.32 Å². The minimum atomic E-state index is 0.425. The van der Waals surface area contributed by atoms with Gasteiger partial charge in [0.05, 0.1) is 0 Å². The van der Waals surface area contributed by atoms with E-state index < -0.39 is 0 Å². The molecule has 14 heavy (non-hydrogen) atoms. The molecule has 0 bridgehead atoms. The summed E-state index contributed by atoms with van der Waals surface area (Å²) in [6.45, 7) is 10.7. The van der Waals surface area contributed by atoms with Gasteiger partial charge in [-0.05, 0) is 50.5 Å². The molecule has 1 heterocycles. The number of piperidine rings is 1. The van der Waals surface area contributed by atoms with Gasteiger partial charge in [-0.1, -0.05) is 27.7 Å². The second-order valence-corrected chi connectivity index (χ2v) is 4.81. The minimum absolute atomic E-state index is 0.425. The summed E-state index contributed by atoms with van der Waals surface area (Å²) >= 11 is 0. The average Bonchev–Trinajstić information content (AvgIpc) is 2.28. The van der Waals surface area contributed by atoms with Crippen LogP contribution in [0.3, 0.4) is 0 Å². The van der Waals surface area contributed by atoms with Crippen molar-refractivity contribution >= 4 is 0 Å². The quantitative estimate of drug-likeness (QED) is 0.724. The maximum absolute atomic E-state index is 3.82. The molecule has 1 aliphatic heterocycles. The largest absolute Gasteiger partial charge is 0.311 e. The molecule has 1 rings (SSSR count). The van der Waals surface area contributed by atoms with Gasteiger partial charge in [0.1, 0.15) is 0 Å². The lowest BCUT2D eigenvalue weighted by Gasteiger charge is -2.54. The van der Waals surface area contributed by atoms with Crippen LogP contribution in [0.5, 0.6) is 0 Å². The molecule has 0 aromatic heterocycles. The highest BCUT2D eigenvalue weighted by atomic mass is 15.0. The average molecular weight is 197 g/mol. The van der Waals surface area contributed by atoms with Crippen LogP contribution in [0.25, 0.3) is 0 Å². The topological polar surface area (TPSA) is 12.0 Å². The Labute approximate surface area is 89.7 Å². The molecule has 84 valence electrons. The van der Waals surface area contributed by atoms with Crippen LogP contribution in [0.2, 0.25) is 0 Å². The molecular weight excluding hydrogens is 170 g/mol. The molecule has 1 aliphatic rings. The normalized spacial score (nSPS) is 24.9. The van der Waals surface area contributed by atoms with Crippen molar-refractivity contribution in [3.63, 3.8) is 0 Å².